The van der Waals surface area contributed by atoms with E-state index in [1.54, 1.807) is 11.3 Å². The molecule has 2 nitrogen and oxygen atoms in total. The van der Waals surface area contributed by atoms with Crippen LogP contribution in [0.5, 0.6) is 0 Å². The number of rotatable bonds is 3. The lowest BCUT2D eigenvalue weighted by atomic mass is 9.70. The molecular weight excluding hydrogens is 228 g/mol. The number of fused-ring (bicyclic) bond motifs is 1. The van der Waals surface area contributed by atoms with Crippen LogP contribution in [0, 0.1) is 12.3 Å². The largest absolute Gasteiger partial charge is 0.361 e. The summed E-state index contributed by atoms with van der Waals surface area (Å²) in [6, 6.07) is 6.38. The van der Waals surface area contributed by atoms with Crippen LogP contribution in [0.4, 0.5) is 5.13 Å². The highest BCUT2D eigenvalue weighted by atomic mass is 32.1. The maximum Gasteiger partial charge on any atom is 0.183 e. The summed E-state index contributed by atoms with van der Waals surface area (Å²) in [7, 11) is 0. The molecule has 1 fully saturated rings. The van der Waals surface area contributed by atoms with E-state index >= 15 is 0 Å². The summed E-state index contributed by atoms with van der Waals surface area (Å²) in [4.78, 5) is 4.68. The zero-order chi connectivity index (χ0) is 11.9. The third-order valence-electron chi connectivity index (χ3n) is 3.85. The minimum Gasteiger partial charge on any atom is -0.361 e. The van der Waals surface area contributed by atoms with Gasteiger partial charge in [-0.25, -0.2) is 4.98 Å². The minimum absolute atomic E-state index is 0.507. The van der Waals surface area contributed by atoms with Crippen LogP contribution in [0.15, 0.2) is 18.2 Å². The van der Waals surface area contributed by atoms with Crippen LogP contribution in [0.3, 0.4) is 0 Å². The fraction of sp³-hybridized carbons (Fsp3) is 0.500. The van der Waals surface area contributed by atoms with Gasteiger partial charge in [-0.3, -0.25) is 0 Å². The number of nitrogens with zero attached hydrogens (tertiary/aromatic N) is 1. The Morgan fingerprint density at radius 1 is 1.41 bits per heavy atom. The first-order chi connectivity index (χ1) is 8.16. The van der Waals surface area contributed by atoms with Crippen molar-refractivity contribution >= 4 is 26.7 Å². The SMILES string of the molecule is Cc1cccc2sc(NCC3(C)CCC3)nc12. The first-order valence-corrected chi connectivity index (χ1v) is 7.08. The van der Waals surface area contributed by atoms with Crippen LogP contribution < -0.4 is 5.32 Å². The molecule has 1 aromatic carbocycles. The van der Waals surface area contributed by atoms with Crippen molar-refractivity contribution in [2.24, 2.45) is 5.41 Å². The van der Waals surface area contributed by atoms with Crippen molar-refractivity contribution in [3.05, 3.63) is 23.8 Å². The van der Waals surface area contributed by atoms with Crippen LogP contribution in [0.1, 0.15) is 31.7 Å². The highest BCUT2D eigenvalue weighted by Gasteiger charge is 2.31. The molecule has 0 atom stereocenters. The molecule has 0 unspecified atom stereocenters. The third kappa shape index (κ3) is 2.04. The zero-order valence-electron chi connectivity index (χ0n) is 10.4. The lowest BCUT2D eigenvalue weighted by molar-refractivity contribution is 0.180. The normalized spacial score (nSPS) is 18.0. The van der Waals surface area contributed by atoms with Gasteiger partial charge in [0, 0.05) is 6.54 Å². The van der Waals surface area contributed by atoms with Crippen LogP contribution in [0.25, 0.3) is 10.2 Å². The second-order valence-corrected chi connectivity index (χ2v) is 6.49. The Balaban J connectivity index is 1.79. The first kappa shape index (κ1) is 11.0. The van der Waals surface area contributed by atoms with E-state index in [1.165, 1.54) is 29.5 Å². The average Bonchev–Trinajstić information content (AvgIpc) is 2.68. The van der Waals surface area contributed by atoms with E-state index < -0.39 is 0 Å². The van der Waals surface area contributed by atoms with Crippen molar-refractivity contribution in [3.8, 4) is 0 Å². The van der Waals surface area contributed by atoms with Crippen molar-refractivity contribution in [2.45, 2.75) is 33.1 Å². The molecule has 17 heavy (non-hydrogen) atoms. The topological polar surface area (TPSA) is 24.9 Å². The number of anilines is 1. The van der Waals surface area contributed by atoms with Gasteiger partial charge in [-0.1, -0.05) is 36.8 Å². The highest BCUT2D eigenvalue weighted by molar-refractivity contribution is 7.22. The molecule has 0 bridgehead atoms. The number of hydrogen-bond acceptors (Lipinski definition) is 3. The maximum atomic E-state index is 4.68. The molecule has 0 aliphatic heterocycles. The summed E-state index contributed by atoms with van der Waals surface area (Å²) in [6.07, 6.45) is 4.09. The molecule has 1 N–H and O–H groups in total. The monoisotopic (exact) mass is 246 g/mol. The number of thiazole rings is 1. The van der Waals surface area contributed by atoms with Gasteiger partial charge in [-0.05, 0) is 36.8 Å². The molecule has 1 aliphatic rings. The van der Waals surface area contributed by atoms with Gasteiger partial charge in [-0.15, -0.1) is 0 Å². The summed E-state index contributed by atoms with van der Waals surface area (Å²) < 4.78 is 1.28. The van der Waals surface area contributed by atoms with E-state index in [4.69, 9.17) is 0 Å². The molecule has 0 spiro atoms. The second-order valence-electron chi connectivity index (χ2n) is 5.46. The van der Waals surface area contributed by atoms with Crippen LogP contribution >= 0.6 is 11.3 Å². The van der Waals surface area contributed by atoms with Crippen LogP contribution in [-0.2, 0) is 0 Å². The number of aromatic nitrogens is 1. The number of aryl methyl sites for hydroxylation is 1. The summed E-state index contributed by atoms with van der Waals surface area (Å²) in [5, 5.41) is 4.58. The van der Waals surface area contributed by atoms with Crippen LogP contribution in [0.2, 0.25) is 0 Å². The molecule has 3 rings (SSSR count). The van der Waals surface area contributed by atoms with Crippen molar-refractivity contribution in [2.75, 3.05) is 11.9 Å². The Kier molecular flexibility index (Phi) is 2.58. The predicted molar refractivity (Wildman–Crippen MR) is 74.8 cm³/mol. The van der Waals surface area contributed by atoms with E-state index in [0.717, 1.165) is 17.2 Å². The Morgan fingerprint density at radius 3 is 2.88 bits per heavy atom. The van der Waals surface area contributed by atoms with E-state index in [-0.39, 0.29) is 0 Å². The van der Waals surface area contributed by atoms with Crippen molar-refractivity contribution in [1.82, 2.24) is 4.98 Å². The van der Waals surface area contributed by atoms with E-state index in [0.29, 0.717) is 5.41 Å². The van der Waals surface area contributed by atoms with Crippen molar-refractivity contribution in [1.29, 1.82) is 0 Å². The lowest BCUT2D eigenvalue weighted by Gasteiger charge is -2.38. The third-order valence-corrected chi connectivity index (χ3v) is 4.83. The first-order valence-electron chi connectivity index (χ1n) is 6.26. The van der Waals surface area contributed by atoms with Gasteiger partial charge in [0.2, 0.25) is 0 Å². The van der Waals surface area contributed by atoms with Crippen LogP contribution in [-0.4, -0.2) is 11.5 Å². The number of nitrogens with one attached hydrogen (secondary N) is 1. The second kappa shape index (κ2) is 3.98. The van der Waals surface area contributed by atoms with Crippen molar-refractivity contribution in [3.63, 3.8) is 0 Å². The summed E-state index contributed by atoms with van der Waals surface area (Å²) >= 11 is 1.76. The minimum atomic E-state index is 0.507. The highest BCUT2D eigenvalue weighted by Crippen LogP contribution is 2.40. The number of benzene rings is 1. The molecular formula is C14H18N2S. The fourth-order valence-corrected chi connectivity index (χ4v) is 3.35. The summed E-state index contributed by atoms with van der Waals surface area (Å²) in [5.74, 6) is 0. The van der Waals surface area contributed by atoms with Gasteiger partial charge < -0.3 is 5.32 Å². The zero-order valence-corrected chi connectivity index (χ0v) is 11.2. The molecule has 1 heterocycles. The van der Waals surface area contributed by atoms with Gasteiger partial charge in [-0.2, -0.15) is 0 Å². The smallest absolute Gasteiger partial charge is 0.183 e. The molecule has 1 saturated carbocycles. The fourth-order valence-electron chi connectivity index (χ4n) is 2.41. The Morgan fingerprint density at radius 2 is 2.24 bits per heavy atom. The summed E-state index contributed by atoms with van der Waals surface area (Å²) in [5.41, 5.74) is 2.92. The molecule has 90 valence electrons. The number of hydrogen-bond donors (Lipinski definition) is 1. The molecule has 0 saturated heterocycles. The molecule has 1 aliphatic carbocycles. The Labute approximate surface area is 106 Å². The van der Waals surface area contributed by atoms with Gasteiger partial charge in [0.05, 0.1) is 10.2 Å². The van der Waals surface area contributed by atoms with Gasteiger partial charge in [0.25, 0.3) is 0 Å². The molecule has 3 heteroatoms. The van der Waals surface area contributed by atoms with E-state index in [9.17, 15) is 0 Å². The molecule has 0 radical (unpaired) electrons. The number of para-hydroxylation sites is 1. The van der Waals surface area contributed by atoms with Crippen molar-refractivity contribution < 1.29 is 0 Å². The molecule has 0 amide bonds. The lowest BCUT2D eigenvalue weighted by Crippen LogP contribution is -2.33. The average molecular weight is 246 g/mol. The predicted octanol–water partition coefficient (Wildman–Crippen LogP) is 4.21. The molecule has 2 aromatic rings. The quantitative estimate of drug-likeness (QED) is 0.877. The molecule has 1 aromatic heterocycles. The van der Waals surface area contributed by atoms with Gasteiger partial charge in [0.1, 0.15) is 0 Å². The van der Waals surface area contributed by atoms with E-state index in [2.05, 4.69) is 42.3 Å². The maximum absolute atomic E-state index is 4.68. The van der Waals surface area contributed by atoms with Gasteiger partial charge >= 0.3 is 0 Å². The standard InChI is InChI=1S/C14H18N2S/c1-10-5-3-6-11-12(10)16-13(17-11)15-9-14(2)7-4-8-14/h3,5-6H,4,7-9H2,1-2H3,(H,15,16). The summed E-state index contributed by atoms with van der Waals surface area (Å²) in [6.45, 7) is 5.55. The Hall–Kier alpha value is -1.09. The van der Waals surface area contributed by atoms with E-state index in [1.807, 2.05) is 0 Å². The Bertz CT molecular complexity index is 540. The van der Waals surface area contributed by atoms with Gasteiger partial charge in [0.15, 0.2) is 5.13 Å².